The molecule has 11 nitrogen and oxygen atoms in total. The topological polar surface area (TPSA) is 158 Å². The number of thiazole rings is 1. The summed E-state index contributed by atoms with van der Waals surface area (Å²) in [5.41, 5.74) is 10.4. The molecule has 2 aromatic rings. The predicted molar refractivity (Wildman–Crippen MR) is 164 cm³/mol. The number of carbonyl (C=O) groups excluding carboxylic acids is 3. The van der Waals surface area contributed by atoms with Crippen LogP contribution in [0.1, 0.15) is 52.3 Å². The Labute approximate surface area is 255 Å². The number of nitrogens with one attached hydrogen (secondary N) is 1. The molecule has 1 aliphatic heterocycles. The molecule has 1 saturated heterocycles. The van der Waals surface area contributed by atoms with Crippen molar-refractivity contribution in [1.29, 1.82) is 0 Å². The number of benzene rings is 1. The molecule has 2 amide bonds. The fourth-order valence-electron chi connectivity index (χ4n) is 4.42. The van der Waals surface area contributed by atoms with Crippen LogP contribution in [0.4, 0.5) is 4.79 Å². The van der Waals surface area contributed by atoms with Crippen LogP contribution in [0.3, 0.4) is 0 Å². The number of hydrogen-bond donors (Lipinski definition) is 2. The van der Waals surface area contributed by atoms with Gasteiger partial charge < -0.3 is 25.4 Å². The van der Waals surface area contributed by atoms with Crippen molar-refractivity contribution in [3.05, 3.63) is 41.0 Å². The monoisotopic (exact) mass is 640 g/mol. The summed E-state index contributed by atoms with van der Waals surface area (Å²) in [6, 6.07) is 6.01. The number of amides is 2. The third-order valence-electron chi connectivity index (χ3n) is 6.65. The maximum atomic E-state index is 13.4. The maximum absolute atomic E-state index is 13.4. The molecule has 0 aliphatic carbocycles. The van der Waals surface area contributed by atoms with Crippen molar-refractivity contribution in [2.45, 2.75) is 77.4 Å². The van der Waals surface area contributed by atoms with Gasteiger partial charge in [-0.15, -0.1) is 11.3 Å². The molecule has 0 unspecified atom stereocenters. The summed E-state index contributed by atoms with van der Waals surface area (Å²) in [5, 5.41) is 2.89. The molecule has 14 heteroatoms. The van der Waals surface area contributed by atoms with Gasteiger partial charge in [-0.2, -0.15) is 0 Å². The van der Waals surface area contributed by atoms with Gasteiger partial charge in [0.05, 0.1) is 33.4 Å². The summed E-state index contributed by atoms with van der Waals surface area (Å²) in [6.45, 7) is 10.7. The molecule has 0 radical (unpaired) electrons. The van der Waals surface area contributed by atoms with Crippen molar-refractivity contribution in [3.63, 3.8) is 0 Å². The van der Waals surface area contributed by atoms with E-state index in [9.17, 15) is 22.8 Å². The number of rotatable bonds is 10. The second-order valence-corrected chi connectivity index (χ2v) is 17.9. The molecule has 42 heavy (non-hydrogen) atoms. The molecule has 3 rings (SSSR count). The largest absolute Gasteiger partial charge is 0.508 e. The summed E-state index contributed by atoms with van der Waals surface area (Å²) in [7, 11) is -2.68. The lowest BCUT2D eigenvalue weighted by Crippen LogP contribution is -2.54. The van der Waals surface area contributed by atoms with Crippen molar-refractivity contribution in [3.8, 4) is 10.4 Å². The Morgan fingerprint density at radius 2 is 1.83 bits per heavy atom. The first-order valence-electron chi connectivity index (χ1n) is 13.4. The Balaban J connectivity index is 1.66. The first-order chi connectivity index (χ1) is 19.4. The van der Waals surface area contributed by atoms with Gasteiger partial charge in [-0.1, -0.05) is 45.0 Å². The van der Waals surface area contributed by atoms with E-state index in [1.54, 1.807) is 30.7 Å². The molecule has 3 N–H and O–H groups in total. The molecule has 1 aliphatic rings. The molecule has 1 fully saturated rings. The second kappa shape index (κ2) is 13.3. The summed E-state index contributed by atoms with van der Waals surface area (Å²) in [5.74, 6) is -0.811. The highest BCUT2D eigenvalue weighted by molar-refractivity contribution is 8.72. The van der Waals surface area contributed by atoms with Gasteiger partial charge in [0.25, 0.3) is 0 Å². The maximum Gasteiger partial charge on any atom is 0.508 e. The minimum atomic E-state index is -3.36. The molecule has 3 atom stereocenters. The fraction of sp³-hybridized carbons (Fsp3) is 0.571. The van der Waals surface area contributed by atoms with Crippen LogP contribution in [0.5, 0.6) is 0 Å². The summed E-state index contributed by atoms with van der Waals surface area (Å²) in [6.07, 6.45) is -0.674. The van der Waals surface area contributed by atoms with Gasteiger partial charge in [-0.25, -0.2) is 18.2 Å². The van der Waals surface area contributed by atoms with Crippen LogP contribution < -0.4 is 11.1 Å². The predicted octanol–water partition coefficient (Wildman–Crippen LogP) is 3.70. The molecule has 0 bridgehead atoms. The van der Waals surface area contributed by atoms with E-state index < -0.39 is 55.2 Å². The zero-order chi connectivity index (χ0) is 31.5. The SMILES string of the molecule is Cc1ncsc1-c1ccc(CNC(=O)[C@@H]2C[C@@H](OC(=O)OCC(C)(C)SS(C)(=O)=O)CN2C(=O)[C@@H](N)C(C)(C)C)cc1. The number of carbonyl (C=O) groups is 3. The number of ether oxygens (including phenoxy) is 2. The zero-order valence-corrected chi connectivity index (χ0v) is 27.5. The minimum absolute atomic E-state index is 0.0276. The molecule has 1 aromatic carbocycles. The Bertz CT molecular complexity index is 1380. The van der Waals surface area contributed by atoms with Gasteiger partial charge in [0.15, 0.2) is 8.87 Å². The van der Waals surface area contributed by atoms with Crippen LogP contribution in [0.2, 0.25) is 0 Å². The third kappa shape index (κ3) is 9.41. The van der Waals surface area contributed by atoms with Crippen molar-refractivity contribution in [2.75, 3.05) is 19.4 Å². The number of aromatic nitrogens is 1. The van der Waals surface area contributed by atoms with Crippen LogP contribution >= 0.6 is 22.1 Å². The van der Waals surface area contributed by atoms with Gasteiger partial charge in [0, 0.05) is 19.2 Å². The average Bonchev–Trinajstić information content (AvgIpc) is 3.50. The number of nitrogens with zero attached hydrogens (tertiary/aromatic N) is 2. The zero-order valence-electron chi connectivity index (χ0n) is 25.0. The standard InChI is InChI=1S/C28H40N4O7S3/c1-17-22(40-16-31-17)19-10-8-18(9-11-19)13-30-24(33)21-12-20(14-32(21)25(34)23(29)27(2,3)4)39-26(35)38-15-28(5,6)41-42(7,36)37/h8-11,16,20-21,23H,12-15,29H2,1-7H3,(H,30,33)/t20-,21+,23-/m1/s1. The third-order valence-corrected chi connectivity index (χ3v) is 10.8. The van der Waals surface area contributed by atoms with E-state index >= 15 is 0 Å². The van der Waals surface area contributed by atoms with E-state index in [1.165, 1.54) is 4.90 Å². The highest BCUT2D eigenvalue weighted by atomic mass is 33.1. The van der Waals surface area contributed by atoms with Crippen LogP contribution in [0.15, 0.2) is 29.8 Å². The van der Waals surface area contributed by atoms with Crippen LogP contribution in [0, 0.1) is 12.3 Å². The molecule has 1 aromatic heterocycles. The lowest BCUT2D eigenvalue weighted by molar-refractivity contribution is -0.141. The lowest BCUT2D eigenvalue weighted by Gasteiger charge is -2.32. The Morgan fingerprint density at radius 1 is 1.19 bits per heavy atom. The Hall–Kier alpha value is -2.68. The smallest absolute Gasteiger partial charge is 0.433 e. The number of likely N-dealkylation sites (tertiary alicyclic amines) is 1. The molecule has 232 valence electrons. The molecule has 0 saturated carbocycles. The number of hydrogen-bond acceptors (Lipinski definition) is 11. The highest BCUT2D eigenvalue weighted by Crippen LogP contribution is 2.31. The fourth-order valence-corrected chi connectivity index (χ4v) is 8.76. The van der Waals surface area contributed by atoms with Gasteiger partial charge in [-0.05, 0) is 48.1 Å². The van der Waals surface area contributed by atoms with Crippen LogP contribution in [-0.2, 0) is 34.5 Å². The molecule has 0 spiro atoms. The van der Waals surface area contributed by atoms with Crippen LogP contribution in [0.25, 0.3) is 10.4 Å². The van der Waals surface area contributed by atoms with E-state index in [4.69, 9.17) is 15.2 Å². The second-order valence-electron chi connectivity index (χ2n) is 12.1. The molecular formula is C28H40N4O7S3. The number of aryl methyl sites for hydroxylation is 1. The van der Waals surface area contributed by atoms with Gasteiger partial charge in [-0.3, -0.25) is 9.59 Å². The van der Waals surface area contributed by atoms with E-state index in [2.05, 4.69) is 10.3 Å². The molecular weight excluding hydrogens is 601 g/mol. The van der Waals surface area contributed by atoms with Crippen LogP contribution in [-0.4, -0.2) is 78.6 Å². The van der Waals surface area contributed by atoms with E-state index in [-0.39, 0.29) is 26.1 Å². The first-order valence-corrected chi connectivity index (χ1v) is 17.5. The van der Waals surface area contributed by atoms with Gasteiger partial charge >= 0.3 is 6.16 Å². The summed E-state index contributed by atoms with van der Waals surface area (Å²) < 4.78 is 33.0. The van der Waals surface area contributed by atoms with Crippen molar-refractivity contribution < 1.29 is 32.3 Å². The minimum Gasteiger partial charge on any atom is -0.433 e. The van der Waals surface area contributed by atoms with Gasteiger partial charge in [0.1, 0.15) is 18.8 Å². The summed E-state index contributed by atoms with van der Waals surface area (Å²) in [4.78, 5) is 45.9. The average molecular weight is 641 g/mol. The van der Waals surface area contributed by atoms with Crippen molar-refractivity contribution in [1.82, 2.24) is 15.2 Å². The quantitative estimate of drug-likeness (QED) is 0.290. The summed E-state index contributed by atoms with van der Waals surface area (Å²) >= 11 is 1.56. The Kier molecular flexibility index (Phi) is 10.7. The van der Waals surface area contributed by atoms with E-state index in [0.29, 0.717) is 10.8 Å². The van der Waals surface area contributed by atoms with E-state index in [1.807, 2.05) is 52.0 Å². The van der Waals surface area contributed by atoms with Crippen molar-refractivity contribution in [2.24, 2.45) is 11.1 Å². The molecule has 2 heterocycles. The normalized spacial score (nSPS) is 18.4. The number of nitrogens with two attached hydrogens (primary N) is 1. The Morgan fingerprint density at radius 3 is 2.38 bits per heavy atom. The van der Waals surface area contributed by atoms with E-state index in [0.717, 1.165) is 28.0 Å². The first kappa shape index (κ1) is 33.8. The van der Waals surface area contributed by atoms with Gasteiger partial charge in [0.2, 0.25) is 11.8 Å². The lowest BCUT2D eigenvalue weighted by atomic mass is 9.86. The highest BCUT2D eigenvalue weighted by Gasteiger charge is 2.44. The van der Waals surface area contributed by atoms with Crippen molar-refractivity contribution >= 4 is 49.0 Å².